The molecule has 0 N–H and O–H groups in total. The summed E-state index contributed by atoms with van der Waals surface area (Å²) in [6.45, 7) is 0. The molecule has 0 aliphatic carbocycles. The summed E-state index contributed by atoms with van der Waals surface area (Å²) in [4.78, 5) is 0. The minimum atomic E-state index is 1.13. The van der Waals surface area contributed by atoms with E-state index in [1.807, 2.05) is 12.1 Å². The molecular formula is C14H8. The third-order valence-electron chi connectivity index (χ3n) is 2.48. The largest absolute Gasteiger partial charge is 0.0616 e. The van der Waals surface area contributed by atoms with Gasteiger partial charge in [0.15, 0.2) is 0 Å². The molecular weight excluding hydrogens is 168 g/mol. The second-order valence-corrected chi connectivity index (χ2v) is 3.34. The van der Waals surface area contributed by atoms with Crippen LogP contribution >= 0.6 is 0 Å². The summed E-state index contributed by atoms with van der Waals surface area (Å²) in [5.74, 6) is 0. The minimum absolute atomic E-state index is 1.13. The van der Waals surface area contributed by atoms with Gasteiger partial charge in [-0.25, -0.2) is 0 Å². The number of rotatable bonds is 0. The fourth-order valence-electron chi connectivity index (χ4n) is 1.79. The van der Waals surface area contributed by atoms with Gasteiger partial charge >= 0.3 is 0 Å². The van der Waals surface area contributed by atoms with Crippen molar-refractivity contribution in [1.29, 1.82) is 0 Å². The molecule has 0 saturated heterocycles. The first-order chi connectivity index (χ1) is 6.95. The maximum absolute atomic E-state index is 3.17. The molecule has 0 bridgehead atoms. The maximum Gasteiger partial charge on any atom is -0.000718 e. The average molecular weight is 176 g/mol. The molecule has 14 heavy (non-hydrogen) atoms. The monoisotopic (exact) mass is 176 g/mol. The van der Waals surface area contributed by atoms with E-state index in [-0.39, 0.29) is 0 Å². The van der Waals surface area contributed by atoms with Crippen molar-refractivity contribution < 1.29 is 0 Å². The van der Waals surface area contributed by atoms with Crippen LogP contribution in [0, 0.1) is 12.1 Å². The highest BCUT2D eigenvalue weighted by molar-refractivity contribution is 6.06. The van der Waals surface area contributed by atoms with Gasteiger partial charge in [-0.1, -0.05) is 48.5 Å². The predicted molar refractivity (Wildman–Crippen MR) is 59.1 cm³/mol. The zero-order valence-corrected chi connectivity index (χ0v) is 7.62. The number of hydrogen-bond donors (Lipinski definition) is 0. The summed E-state index contributed by atoms with van der Waals surface area (Å²) >= 11 is 0. The van der Waals surface area contributed by atoms with Crippen molar-refractivity contribution in [1.82, 2.24) is 0 Å². The first kappa shape index (κ1) is 7.57. The summed E-state index contributed by atoms with van der Waals surface area (Å²) in [6.07, 6.45) is 0. The van der Waals surface area contributed by atoms with Gasteiger partial charge in [0.05, 0.1) is 0 Å². The molecule has 0 fully saturated rings. The number of benzene rings is 3. The molecule has 0 saturated carbocycles. The van der Waals surface area contributed by atoms with Crippen LogP contribution in [0.15, 0.2) is 48.5 Å². The lowest BCUT2D eigenvalue weighted by Gasteiger charge is -2.01. The SMILES string of the molecule is [c]1[c]c2ccccc2c2ccccc12. The average Bonchev–Trinajstić information content (AvgIpc) is 2.29. The van der Waals surface area contributed by atoms with E-state index in [0.29, 0.717) is 0 Å². The van der Waals surface area contributed by atoms with E-state index in [1.54, 1.807) is 0 Å². The Morgan fingerprint density at radius 1 is 0.571 bits per heavy atom. The molecule has 0 heterocycles. The van der Waals surface area contributed by atoms with E-state index in [0.717, 1.165) is 10.8 Å². The highest BCUT2D eigenvalue weighted by Gasteiger charge is 1.98. The molecule has 3 aromatic rings. The molecule has 0 nitrogen and oxygen atoms in total. The molecule has 0 heteroatoms. The number of fused-ring (bicyclic) bond motifs is 3. The van der Waals surface area contributed by atoms with Gasteiger partial charge in [0.1, 0.15) is 0 Å². The standard InChI is InChI=1S/C14H8/c1-3-7-13-11(5-1)9-10-12-6-2-4-8-14(12)13/h1-8H. The van der Waals surface area contributed by atoms with E-state index < -0.39 is 0 Å². The summed E-state index contributed by atoms with van der Waals surface area (Å²) in [7, 11) is 0. The van der Waals surface area contributed by atoms with Gasteiger partial charge in [-0.05, 0) is 33.7 Å². The van der Waals surface area contributed by atoms with Crippen LogP contribution in [0.2, 0.25) is 0 Å². The molecule has 64 valence electrons. The minimum Gasteiger partial charge on any atom is -0.0616 e. The molecule has 0 aliphatic heterocycles. The van der Waals surface area contributed by atoms with Crippen molar-refractivity contribution in [3.05, 3.63) is 60.7 Å². The predicted octanol–water partition coefficient (Wildman–Crippen LogP) is 3.59. The van der Waals surface area contributed by atoms with Crippen molar-refractivity contribution >= 4 is 21.5 Å². The van der Waals surface area contributed by atoms with Gasteiger partial charge in [-0.2, -0.15) is 0 Å². The summed E-state index contributed by atoms with van der Waals surface area (Å²) in [6, 6.07) is 22.9. The Bertz CT molecular complexity index is 539. The maximum atomic E-state index is 3.17. The van der Waals surface area contributed by atoms with Gasteiger partial charge in [0.2, 0.25) is 0 Å². The fourth-order valence-corrected chi connectivity index (χ4v) is 1.79. The van der Waals surface area contributed by atoms with Crippen LogP contribution in [0.1, 0.15) is 0 Å². The lowest BCUT2D eigenvalue weighted by molar-refractivity contribution is 1.75. The van der Waals surface area contributed by atoms with Crippen molar-refractivity contribution in [2.75, 3.05) is 0 Å². The Labute approximate surface area is 82.8 Å². The molecule has 0 unspecified atom stereocenters. The zero-order chi connectivity index (χ0) is 9.38. The van der Waals surface area contributed by atoms with Gasteiger partial charge < -0.3 is 0 Å². The molecule has 0 aromatic heterocycles. The highest BCUT2D eigenvalue weighted by Crippen LogP contribution is 2.23. The van der Waals surface area contributed by atoms with E-state index in [1.165, 1.54) is 10.8 Å². The molecule has 0 amide bonds. The van der Waals surface area contributed by atoms with Crippen molar-refractivity contribution in [3.8, 4) is 0 Å². The van der Waals surface area contributed by atoms with E-state index in [9.17, 15) is 0 Å². The van der Waals surface area contributed by atoms with Crippen molar-refractivity contribution in [2.45, 2.75) is 0 Å². The normalized spacial score (nSPS) is 10.9. The summed E-state index contributed by atoms with van der Waals surface area (Å²) < 4.78 is 0. The van der Waals surface area contributed by atoms with Gasteiger partial charge in [0, 0.05) is 0 Å². The van der Waals surface area contributed by atoms with Crippen molar-refractivity contribution in [3.63, 3.8) is 0 Å². The lowest BCUT2D eigenvalue weighted by Crippen LogP contribution is -1.76. The van der Waals surface area contributed by atoms with Crippen LogP contribution in [0.3, 0.4) is 0 Å². The van der Waals surface area contributed by atoms with Gasteiger partial charge in [-0.3, -0.25) is 0 Å². The van der Waals surface area contributed by atoms with E-state index in [4.69, 9.17) is 0 Å². The third kappa shape index (κ3) is 1.01. The van der Waals surface area contributed by atoms with Crippen LogP contribution < -0.4 is 0 Å². The zero-order valence-electron chi connectivity index (χ0n) is 7.62. The van der Waals surface area contributed by atoms with Crippen LogP contribution in [0.4, 0.5) is 0 Å². The van der Waals surface area contributed by atoms with Crippen LogP contribution in [0.5, 0.6) is 0 Å². The molecule has 3 rings (SSSR count). The second kappa shape index (κ2) is 2.85. The van der Waals surface area contributed by atoms with Crippen LogP contribution in [-0.4, -0.2) is 0 Å². The quantitative estimate of drug-likeness (QED) is 0.459. The first-order valence-electron chi connectivity index (χ1n) is 4.65. The molecule has 0 spiro atoms. The Balaban J connectivity index is 2.61. The Hall–Kier alpha value is -1.82. The molecule has 0 atom stereocenters. The third-order valence-corrected chi connectivity index (χ3v) is 2.48. The fraction of sp³-hybridized carbons (Fsp3) is 0. The molecule has 0 aliphatic rings. The highest BCUT2D eigenvalue weighted by atomic mass is 14.0. The molecule has 3 aromatic carbocycles. The topological polar surface area (TPSA) is 0 Å². The summed E-state index contributed by atoms with van der Waals surface area (Å²) in [5.41, 5.74) is 0. The summed E-state index contributed by atoms with van der Waals surface area (Å²) in [5, 5.41) is 4.76. The first-order valence-corrected chi connectivity index (χ1v) is 4.65. The van der Waals surface area contributed by atoms with Crippen LogP contribution in [0.25, 0.3) is 21.5 Å². The smallest absolute Gasteiger partial charge is 0.000718 e. The van der Waals surface area contributed by atoms with Crippen molar-refractivity contribution in [2.24, 2.45) is 0 Å². The van der Waals surface area contributed by atoms with E-state index in [2.05, 4.69) is 48.5 Å². The molecule has 2 radical (unpaired) electrons. The van der Waals surface area contributed by atoms with Gasteiger partial charge in [0.25, 0.3) is 0 Å². The second-order valence-electron chi connectivity index (χ2n) is 3.34. The van der Waals surface area contributed by atoms with Gasteiger partial charge in [-0.15, -0.1) is 0 Å². The lowest BCUT2D eigenvalue weighted by atomic mass is 10.0. The number of hydrogen-bond acceptors (Lipinski definition) is 0. The van der Waals surface area contributed by atoms with E-state index >= 15 is 0 Å². The van der Waals surface area contributed by atoms with Crippen LogP contribution in [-0.2, 0) is 0 Å². The Kier molecular flexibility index (Phi) is 1.54. The Morgan fingerprint density at radius 2 is 1.00 bits per heavy atom. The Morgan fingerprint density at radius 3 is 1.50 bits per heavy atom.